The van der Waals surface area contributed by atoms with E-state index in [-0.39, 0.29) is 23.7 Å². The third-order valence-corrected chi connectivity index (χ3v) is 4.80. The molecule has 1 aromatic rings. The predicted octanol–water partition coefficient (Wildman–Crippen LogP) is 2.18. The minimum absolute atomic E-state index is 0.0299. The summed E-state index contributed by atoms with van der Waals surface area (Å²) in [6, 6.07) is -0.319. The highest BCUT2D eigenvalue weighted by Crippen LogP contribution is 2.21. The van der Waals surface area contributed by atoms with Crippen LogP contribution in [0.15, 0.2) is 0 Å². The largest absolute Gasteiger partial charge is 0.450 e. The molecule has 1 fully saturated rings. The maximum atomic E-state index is 12.9. The van der Waals surface area contributed by atoms with E-state index in [9.17, 15) is 14.4 Å². The molecule has 2 rings (SSSR count). The van der Waals surface area contributed by atoms with Gasteiger partial charge in [-0.3, -0.25) is 14.5 Å². The first kappa shape index (κ1) is 19.2. The Bertz CT molecular complexity index is 672. The van der Waals surface area contributed by atoms with E-state index in [0.29, 0.717) is 49.6 Å². The molecule has 2 heterocycles. The smallest absolute Gasteiger partial charge is 0.409 e. The third-order valence-electron chi connectivity index (χ3n) is 4.80. The molecule has 138 valence electrons. The number of carbonyl (C=O) groups is 3. The zero-order valence-corrected chi connectivity index (χ0v) is 15.6. The highest BCUT2D eigenvalue weighted by molar-refractivity contribution is 6.05. The van der Waals surface area contributed by atoms with Gasteiger partial charge in [-0.25, -0.2) is 4.79 Å². The number of ether oxygens (including phenoxy) is 1. The molecule has 0 spiro atoms. The second kappa shape index (κ2) is 7.82. The Morgan fingerprint density at radius 3 is 2.24 bits per heavy atom. The Balaban J connectivity index is 2.06. The number of H-pyrrole nitrogens is 1. The molecule has 1 saturated heterocycles. The van der Waals surface area contributed by atoms with Crippen molar-refractivity contribution in [2.24, 2.45) is 0 Å². The number of aryl methyl sites for hydroxylation is 1. The van der Waals surface area contributed by atoms with Crippen LogP contribution in [0.1, 0.15) is 52.9 Å². The van der Waals surface area contributed by atoms with Crippen molar-refractivity contribution in [3.05, 3.63) is 22.5 Å². The highest BCUT2D eigenvalue weighted by atomic mass is 16.6. The number of Topliss-reactive ketones (excluding diaryl/α,β-unsaturated/α-hetero) is 2. The standard InChI is InChI=1S/C18H27N3O4/c1-6-25-18(24)21-9-7-20(8-10-21)13(4)17(23)16-11(2)15(14(5)22)12(3)19-16/h13,19H,6-10H2,1-5H3. The topological polar surface area (TPSA) is 82.7 Å². The van der Waals surface area contributed by atoms with Crippen LogP contribution in [-0.4, -0.2) is 71.3 Å². The van der Waals surface area contributed by atoms with Gasteiger partial charge in [0, 0.05) is 37.4 Å². The van der Waals surface area contributed by atoms with E-state index in [2.05, 4.69) is 9.88 Å². The second-order valence-electron chi connectivity index (χ2n) is 6.44. The second-order valence-corrected chi connectivity index (χ2v) is 6.44. The van der Waals surface area contributed by atoms with Crippen molar-refractivity contribution in [3.63, 3.8) is 0 Å². The number of aromatic nitrogens is 1. The van der Waals surface area contributed by atoms with Crippen LogP contribution in [0.2, 0.25) is 0 Å². The fourth-order valence-electron chi connectivity index (χ4n) is 3.41. The summed E-state index contributed by atoms with van der Waals surface area (Å²) in [5.74, 6) is -0.0707. The number of aromatic amines is 1. The zero-order valence-electron chi connectivity index (χ0n) is 15.6. The van der Waals surface area contributed by atoms with Crippen molar-refractivity contribution in [2.75, 3.05) is 32.8 Å². The van der Waals surface area contributed by atoms with Crippen LogP contribution in [0.4, 0.5) is 4.79 Å². The Hall–Kier alpha value is -2.15. The first-order chi connectivity index (χ1) is 11.8. The van der Waals surface area contributed by atoms with Crippen LogP contribution in [-0.2, 0) is 4.74 Å². The summed E-state index contributed by atoms with van der Waals surface area (Å²) in [7, 11) is 0. The van der Waals surface area contributed by atoms with E-state index in [1.54, 1.807) is 18.7 Å². The van der Waals surface area contributed by atoms with Crippen molar-refractivity contribution in [2.45, 2.75) is 40.7 Å². The van der Waals surface area contributed by atoms with E-state index in [1.165, 1.54) is 6.92 Å². The molecule has 7 heteroatoms. The van der Waals surface area contributed by atoms with Crippen LogP contribution in [0.3, 0.4) is 0 Å². The Morgan fingerprint density at radius 2 is 1.76 bits per heavy atom. The first-order valence-electron chi connectivity index (χ1n) is 8.68. The fourth-order valence-corrected chi connectivity index (χ4v) is 3.41. The van der Waals surface area contributed by atoms with Crippen LogP contribution in [0, 0.1) is 13.8 Å². The normalized spacial score (nSPS) is 16.6. The highest BCUT2D eigenvalue weighted by Gasteiger charge is 2.30. The number of nitrogens with one attached hydrogen (secondary N) is 1. The van der Waals surface area contributed by atoms with Gasteiger partial charge >= 0.3 is 6.09 Å². The van der Waals surface area contributed by atoms with Crippen molar-refractivity contribution in [3.8, 4) is 0 Å². The number of amides is 1. The van der Waals surface area contributed by atoms with Gasteiger partial charge in [-0.1, -0.05) is 0 Å². The molecule has 0 radical (unpaired) electrons. The maximum absolute atomic E-state index is 12.9. The Morgan fingerprint density at radius 1 is 1.16 bits per heavy atom. The Labute approximate surface area is 148 Å². The van der Waals surface area contributed by atoms with Gasteiger partial charge in [0.1, 0.15) is 0 Å². The molecule has 7 nitrogen and oxygen atoms in total. The lowest BCUT2D eigenvalue weighted by Crippen LogP contribution is -2.53. The number of hydrogen-bond acceptors (Lipinski definition) is 5. The van der Waals surface area contributed by atoms with Crippen molar-refractivity contribution in [1.29, 1.82) is 0 Å². The lowest BCUT2D eigenvalue weighted by molar-refractivity contribution is 0.0601. The molecule has 1 N–H and O–H groups in total. The first-order valence-corrected chi connectivity index (χ1v) is 8.68. The third kappa shape index (κ3) is 3.92. The number of nitrogens with zero attached hydrogens (tertiary/aromatic N) is 2. The van der Waals surface area contributed by atoms with Gasteiger partial charge in [-0.2, -0.15) is 0 Å². The van der Waals surface area contributed by atoms with E-state index in [0.717, 1.165) is 5.69 Å². The molecule has 0 aliphatic carbocycles. The summed E-state index contributed by atoms with van der Waals surface area (Å²) in [5, 5.41) is 0. The summed E-state index contributed by atoms with van der Waals surface area (Å²) in [6.45, 7) is 11.4. The van der Waals surface area contributed by atoms with Gasteiger partial charge in [0.15, 0.2) is 11.6 Å². The molecule has 25 heavy (non-hydrogen) atoms. The molecule has 0 bridgehead atoms. The summed E-state index contributed by atoms with van der Waals surface area (Å²) >= 11 is 0. The van der Waals surface area contributed by atoms with Gasteiger partial charge in [0.2, 0.25) is 0 Å². The molecule has 1 atom stereocenters. The van der Waals surface area contributed by atoms with Gasteiger partial charge in [-0.15, -0.1) is 0 Å². The molecule has 0 aromatic carbocycles. The molecular weight excluding hydrogens is 322 g/mol. The summed E-state index contributed by atoms with van der Waals surface area (Å²) < 4.78 is 5.01. The summed E-state index contributed by atoms with van der Waals surface area (Å²) in [4.78, 5) is 43.2. The zero-order chi connectivity index (χ0) is 18.7. The van der Waals surface area contributed by atoms with Crippen molar-refractivity contribution in [1.82, 2.24) is 14.8 Å². The van der Waals surface area contributed by atoms with Crippen molar-refractivity contribution >= 4 is 17.7 Å². The molecular formula is C18H27N3O4. The van der Waals surface area contributed by atoms with E-state index in [4.69, 9.17) is 4.74 Å². The average Bonchev–Trinajstić information content (AvgIpc) is 2.88. The summed E-state index contributed by atoms with van der Waals surface area (Å²) in [6.07, 6.45) is -0.303. The molecule has 1 unspecified atom stereocenters. The monoisotopic (exact) mass is 349 g/mol. The molecule has 1 aliphatic heterocycles. The maximum Gasteiger partial charge on any atom is 0.409 e. The number of hydrogen-bond donors (Lipinski definition) is 1. The van der Waals surface area contributed by atoms with Gasteiger partial charge in [-0.05, 0) is 40.2 Å². The molecule has 1 aliphatic rings. The minimum Gasteiger partial charge on any atom is -0.450 e. The fraction of sp³-hybridized carbons (Fsp3) is 0.611. The average molecular weight is 349 g/mol. The molecule has 1 amide bonds. The SMILES string of the molecule is CCOC(=O)N1CCN(C(C)C(=O)c2[nH]c(C)c(C(C)=O)c2C)CC1. The van der Waals surface area contributed by atoms with Gasteiger partial charge < -0.3 is 14.6 Å². The van der Waals surface area contributed by atoms with E-state index < -0.39 is 0 Å². The van der Waals surface area contributed by atoms with Crippen LogP contribution in [0.5, 0.6) is 0 Å². The number of rotatable bonds is 5. The number of ketones is 2. The lowest BCUT2D eigenvalue weighted by Gasteiger charge is -2.36. The van der Waals surface area contributed by atoms with Gasteiger partial charge in [0.25, 0.3) is 0 Å². The van der Waals surface area contributed by atoms with Crippen LogP contribution >= 0.6 is 0 Å². The number of carbonyl (C=O) groups excluding carboxylic acids is 3. The number of piperazine rings is 1. The van der Waals surface area contributed by atoms with Crippen LogP contribution < -0.4 is 0 Å². The van der Waals surface area contributed by atoms with Crippen LogP contribution in [0.25, 0.3) is 0 Å². The van der Waals surface area contributed by atoms with E-state index in [1.807, 2.05) is 13.8 Å². The molecule has 1 aromatic heterocycles. The minimum atomic E-state index is -0.319. The Kier molecular flexibility index (Phi) is 6.00. The molecule has 0 saturated carbocycles. The summed E-state index contributed by atoms with van der Waals surface area (Å²) in [5.41, 5.74) is 2.55. The van der Waals surface area contributed by atoms with Gasteiger partial charge in [0.05, 0.1) is 18.3 Å². The predicted molar refractivity (Wildman–Crippen MR) is 94.2 cm³/mol. The van der Waals surface area contributed by atoms with Crippen molar-refractivity contribution < 1.29 is 19.1 Å². The van der Waals surface area contributed by atoms with E-state index >= 15 is 0 Å². The quantitative estimate of drug-likeness (QED) is 0.824. The lowest BCUT2D eigenvalue weighted by atomic mass is 10.0.